The molecule has 20 heavy (non-hydrogen) atoms. The van der Waals surface area contributed by atoms with Gasteiger partial charge in [0.15, 0.2) is 0 Å². The van der Waals surface area contributed by atoms with Gasteiger partial charge in [-0.3, -0.25) is 0 Å². The van der Waals surface area contributed by atoms with Crippen molar-refractivity contribution in [2.24, 2.45) is 5.92 Å². The van der Waals surface area contributed by atoms with Gasteiger partial charge in [-0.15, -0.1) is 0 Å². The van der Waals surface area contributed by atoms with E-state index in [0.29, 0.717) is 12.5 Å². The van der Waals surface area contributed by atoms with Gasteiger partial charge < -0.3 is 15.0 Å². The highest BCUT2D eigenvalue weighted by Gasteiger charge is 2.36. The second-order valence-electron chi connectivity index (χ2n) is 5.89. The van der Waals surface area contributed by atoms with Gasteiger partial charge in [0.1, 0.15) is 6.10 Å². The third-order valence-electron chi connectivity index (χ3n) is 4.27. The molecular weight excluding hydrogens is 252 g/mol. The molecule has 1 aromatic carbocycles. The molecule has 0 saturated carbocycles. The third kappa shape index (κ3) is 2.96. The lowest BCUT2D eigenvalue weighted by Gasteiger charge is -2.26. The average molecular weight is 274 g/mol. The molecule has 2 atom stereocenters. The number of ether oxygens (including phenoxy) is 1. The molecule has 2 saturated heterocycles. The summed E-state index contributed by atoms with van der Waals surface area (Å²) in [4.78, 5) is 13.8. The fourth-order valence-corrected chi connectivity index (χ4v) is 3.02. The van der Waals surface area contributed by atoms with Crippen molar-refractivity contribution in [2.75, 3.05) is 19.6 Å². The minimum atomic E-state index is -0.166. The van der Waals surface area contributed by atoms with Gasteiger partial charge in [0, 0.05) is 19.0 Å². The lowest BCUT2D eigenvalue weighted by atomic mass is 9.94. The SMILES string of the molecule is Cc1ccc(CN2CC(C3CCCNC3)OC2=O)cc1. The molecule has 1 amide bonds. The molecule has 108 valence electrons. The molecule has 4 nitrogen and oxygen atoms in total. The number of hydrogen-bond acceptors (Lipinski definition) is 3. The molecule has 2 heterocycles. The highest BCUT2D eigenvalue weighted by atomic mass is 16.6. The van der Waals surface area contributed by atoms with E-state index in [9.17, 15) is 4.79 Å². The summed E-state index contributed by atoms with van der Waals surface area (Å²) in [7, 11) is 0. The Morgan fingerprint density at radius 3 is 2.85 bits per heavy atom. The van der Waals surface area contributed by atoms with Gasteiger partial charge in [0.2, 0.25) is 0 Å². The first kappa shape index (κ1) is 13.4. The Balaban J connectivity index is 1.60. The first-order valence-corrected chi connectivity index (χ1v) is 7.44. The molecule has 1 aromatic rings. The predicted molar refractivity (Wildman–Crippen MR) is 77.5 cm³/mol. The minimum absolute atomic E-state index is 0.0562. The van der Waals surface area contributed by atoms with Crippen LogP contribution in [0.15, 0.2) is 24.3 Å². The first-order chi connectivity index (χ1) is 9.72. The van der Waals surface area contributed by atoms with E-state index in [1.54, 1.807) is 0 Å². The van der Waals surface area contributed by atoms with Crippen molar-refractivity contribution in [1.82, 2.24) is 10.2 Å². The second-order valence-corrected chi connectivity index (χ2v) is 5.89. The van der Waals surface area contributed by atoms with Crippen LogP contribution in [0.1, 0.15) is 24.0 Å². The number of rotatable bonds is 3. The average Bonchev–Trinajstić information content (AvgIpc) is 2.84. The summed E-state index contributed by atoms with van der Waals surface area (Å²) in [5.41, 5.74) is 2.40. The summed E-state index contributed by atoms with van der Waals surface area (Å²) in [6.45, 7) is 5.50. The molecule has 4 heteroatoms. The van der Waals surface area contributed by atoms with Gasteiger partial charge in [-0.1, -0.05) is 29.8 Å². The van der Waals surface area contributed by atoms with Crippen molar-refractivity contribution in [3.8, 4) is 0 Å². The highest BCUT2D eigenvalue weighted by Crippen LogP contribution is 2.24. The van der Waals surface area contributed by atoms with Gasteiger partial charge in [-0.2, -0.15) is 0 Å². The minimum Gasteiger partial charge on any atom is -0.444 e. The molecule has 0 radical (unpaired) electrons. The number of hydrogen-bond donors (Lipinski definition) is 1. The number of piperidine rings is 1. The lowest BCUT2D eigenvalue weighted by Crippen LogP contribution is -2.38. The Bertz CT molecular complexity index is 466. The van der Waals surface area contributed by atoms with Crippen molar-refractivity contribution in [2.45, 2.75) is 32.4 Å². The zero-order valence-corrected chi connectivity index (χ0v) is 12.0. The number of amides is 1. The molecule has 2 aliphatic heterocycles. The van der Waals surface area contributed by atoms with E-state index in [4.69, 9.17) is 4.74 Å². The van der Waals surface area contributed by atoms with Gasteiger partial charge in [0.05, 0.1) is 6.54 Å². The maximum Gasteiger partial charge on any atom is 0.410 e. The van der Waals surface area contributed by atoms with Crippen LogP contribution in [-0.4, -0.2) is 36.7 Å². The number of benzene rings is 1. The summed E-state index contributed by atoms with van der Waals surface area (Å²) in [6, 6.07) is 8.33. The van der Waals surface area contributed by atoms with Crippen LogP contribution in [0.25, 0.3) is 0 Å². The Morgan fingerprint density at radius 2 is 2.15 bits per heavy atom. The normalized spacial score (nSPS) is 26.6. The predicted octanol–water partition coefficient (Wildman–Crippen LogP) is 2.32. The molecule has 0 bridgehead atoms. The zero-order chi connectivity index (χ0) is 13.9. The van der Waals surface area contributed by atoms with Gasteiger partial charge >= 0.3 is 6.09 Å². The van der Waals surface area contributed by atoms with Crippen molar-refractivity contribution >= 4 is 6.09 Å². The van der Waals surface area contributed by atoms with E-state index in [1.807, 2.05) is 4.90 Å². The van der Waals surface area contributed by atoms with Crippen LogP contribution in [0, 0.1) is 12.8 Å². The number of carbonyl (C=O) groups is 1. The van der Waals surface area contributed by atoms with Crippen LogP contribution >= 0.6 is 0 Å². The Hall–Kier alpha value is -1.55. The highest BCUT2D eigenvalue weighted by molar-refractivity contribution is 5.70. The van der Waals surface area contributed by atoms with Crippen LogP contribution in [-0.2, 0) is 11.3 Å². The number of carbonyl (C=O) groups excluding carboxylic acids is 1. The first-order valence-electron chi connectivity index (χ1n) is 7.44. The third-order valence-corrected chi connectivity index (χ3v) is 4.27. The van der Waals surface area contributed by atoms with E-state index in [0.717, 1.165) is 31.6 Å². The molecule has 0 aromatic heterocycles. The van der Waals surface area contributed by atoms with E-state index in [1.165, 1.54) is 12.0 Å². The number of cyclic esters (lactones) is 1. The van der Waals surface area contributed by atoms with Crippen molar-refractivity contribution < 1.29 is 9.53 Å². The molecule has 0 aliphatic carbocycles. The van der Waals surface area contributed by atoms with Gasteiger partial charge in [-0.25, -0.2) is 4.79 Å². The van der Waals surface area contributed by atoms with E-state index in [2.05, 4.69) is 36.5 Å². The fraction of sp³-hybridized carbons (Fsp3) is 0.562. The summed E-state index contributed by atoms with van der Waals surface area (Å²) in [5.74, 6) is 0.468. The summed E-state index contributed by atoms with van der Waals surface area (Å²) < 4.78 is 5.56. The largest absolute Gasteiger partial charge is 0.444 e. The molecule has 2 aliphatic rings. The van der Waals surface area contributed by atoms with Crippen molar-refractivity contribution in [3.63, 3.8) is 0 Å². The van der Waals surface area contributed by atoms with Crippen LogP contribution in [0.3, 0.4) is 0 Å². The van der Waals surface area contributed by atoms with Crippen molar-refractivity contribution in [1.29, 1.82) is 0 Å². The van der Waals surface area contributed by atoms with E-state index >= 15 is 0 Å². The molecule has 0 spiro atoms. The van der Waals surface area contributed by atoms with Gasteiger partial charge in [-0.05, 0) is 31.9 Å². The zero-order valence-electron chi connectivity index (χ0n) is 12.0. The molecule has 1 N–H and O–H groups in total. The Morgan fingerprint density at radius 1 is 1.35 bits per heavy atom. The fourth-order valence-electron chi connectivity index (χ4n) is 3.02. The Kier molecular flexibility index (Phi) is 3.92. The van der Waals surface area contributed by atoms with Crippen LogP contribution in [0.4, 0.5) is 4.79 Å². The number of nitrogens with zero attached hydrogens (tertiary/aromatic N) is 1. The smallest absolute Gasteiger partial charge is 0.410 e. The molecular formula is C16H22N2O2. The van der Waals surface area contributed by atoms with E-state index < -0.39 is 0 Å². The standard InChI is InChI=1S/C16H22N2O2/c1-12-4-6-13(7-5-12)10-18-11-15(20-16(18)19)14-3-2-8-17-9-14/h4-7,14-15,17H,2-3,8-11H2,1H3. The van der Waals surface area contributed by atoms with Crippen LogP contribution in [0.5, 0.6) is 0 Å². The maximum absolute atomic E-state index is 12.0. The number of aryl methyl sites for hydroxylation is 1. The van der Waals surface area contributed by atoms with Crippen LogP contribution in [0.2, 0.25) is 0 Å². The Labute approximate surface area is 120 Å². The van der Waals surface area contributed by atoms with Gasteiger partial charge in [0.25, 0.3) is 0 Å². The van der Waals surface area contributed by atoms with E-state index in [-0.39, 0.29) is 12.2 Å². The monoisotopic (exact) mass is 274 g/mol. The molecule has 2 fully saturated rings. The number of nitrogens with one attached hydrogen (secondary N) is 1. The summed E-state index contributed by atoms with van der Waals surface area (Å²) >= 11 is 0. The topological polar surface area (TPSA) is 41.6 Å². The quantitative estimate of drug-likeness (QED) is 0.919. The van der Waals surface area contributed by atoms with Crippen molar-refractivity contribution in [3.05, 3.63) is 35.4 Å². The molecule has 3 rings (SSSR count). The summed E-state index contributed by atoms with van der Waals surface area (Å²) in [6.07, 6.45) is 2.22. The second kappa shape index (κ2) is 5.83. The van der Waals surface area contributed by atoms with Crippen LogP contribution < -0.4 is 5.32 Å². The molecule has 2 unspecified atom stereocenters. The lowest BCUT2D eigenvalue weighted by molar-refractivity contribution is 0.0926. The summed E-state index contributed by atoms with van der Waals surface area (Å²) in [5, 5.41) is 3.39. The maximum atomic E-state index is 12.0.